The van der Waals surface area contributed by atoms with Gasteiger partial charge >= 0.3 is 0 Å². The molecule has 0 radical (unpaired) electrons. The Bertz CT molecular complexity index is 594. The fraction of sp³-hybridized carbons (Fsp3) is 0.529. The highest BCUT2D eigenvalue weighted by Gasteiger charge is 2.46. The van der Waals surface area contributed by atoms with Crippen LogP contribution in [0.5, 0.6) is 5.75 Å². The molecule has 5 heteroatoms. The Hall–Kier alpha value is -1.55. The van der Waals surface area contributed by atoms with Gasteiger partial charge in [-0.1, -0.05) is 13.8 Å². The summed E-state index contributed by atoms with van der Waals surface area (Å²) >= 11 is 5.63. The van der Waals surface area contributed by atoms with Gasteiger partial charge in [-0.2, -0.15) is 0 Å². The smallest absolute Gasteiger partial charge is 0.271 e. The number of benzene rings is 1. The van der Waals surface area contributed by atoms with Gasteiger partial charge < -0.3 is 9.64 Å². The number of amides is 1. The third-order valence-corrected chi connectivity index (χ3v) is 4.48. The van der Waals surface area contributed by atoms with E-state index in [-0.39, 0.29) is 23.6 Å². The number of nitrogens with zero attached hydrogens (tertiary/aromatic N) is 1. The second kappa shape index (κ2) is 6.29. The lowest BCUT2D eigenvalue weighted by Crippen LogP contribution is -2.57. The van der Waals surface area contributed by atoms with Gasteiger partial charge in [0.1, 0.15) is 5.75 Å². The maximum absolute atomic E-state index is 13.0. The number of carbonyl (C=O) groups is 2. The lowest BCUT2D eigenvalue weighted by molar-refractivity contribution is -0.136. The Kier molecular flexibility index (Phi) is 4.81. The summed E-state index contributed by atoms with van der Waals surface area (Å²) in [6.45, 7) is 7.82. The van der Waals surface area contributed by atoms with E-state index in [1.54, 1.807) is 23.1 Å². The minimum absolute atomic E-state index is 0.0195. The Morgan fingerprint density at radius 1 is 1.32 bits per heavy atom. The van der Waals surface area contributed by atoms with E-state index in [1.807, 2.05) is 27.7 Å². The summed E-state index contributed by atoms with van der Waals surface area (Å²) in [5.41, 5.74) is 0.319. The molecule has 0 spiro atoms. The van der Waals surface area contributed by atoms with Crippen molar-refractivity contribution >= 4 is 29.0 Å². The van der Waals surface area contributed by atoms with Crippen LogP contribution < -0.4 is 9.64 Å². The molecular weight excluding hydrogens is 302 g/mol. The van der Waals surface area contributed by atoms with Crippen LogP contribution in [-0.4, -0.2) is 29.2 Å². The molecule has 1 aliphatic heterocycles. The molecule has 1 amide bonds. The molecule has 0 saturated carbocycles. The van der Waals surface area contributed by atoms with Crippen LogP contribution in [0.15, 0.2) is 18.2 Å². The summed E-state index contributed by atoms with van der Waals surface area (Å²) in [5.74, 6) is 0.352. The van der Waals surface area contributed by atoms with Crippen molar-refractivity contribution in [1.82, 2.24) is 0 Å². The van der Waals surface area contributed by atoms with Crippen molar-refractivity contribution in [1.29, 1.82) is 0 Å². The Labute approximate surface area is 136 Å². The third kappa shape index (κ3) is 2.60. The fourth-order valence-electron chi connectivity index (χ4n) is 2.84. The zero-order valence-electron chi connectivity index (χ0n) is 13.5. The minimum Gasteiger partial charge on any atom is -0.475 e. The van der Waals surface area contributed by atoms with Crippen LogP contribution in [-0.2, 0) is 4.79 Å². The number of fused-ring (bicyclic) bond motifs is 1. The molecule has 0 N–H and O–H groups in total. The van der Waals surface area contributed by atoms with Crippen LogP contribution >= 0.6 is 11.6 Å². The molecule has 0 unspecified atom stereocenters. The van der Waals surface area contributed by atoms with Crippen molar-refractivity contribution in [3.05, 3.63) is 23.8 Å². The molecule has 0 aliphatic carbocycles. The predicted octanol–water partition coefficient (Wildman–Crippen LogP) is 3.80. The first-order valence-corrected chi connectivity index (χ1v) is 8.19. The van der Waals surface area contributed by atoms with Gasteiger partial charge in [-0.05, 0) is 44.9 Å². The second-order valence-electron chi connectivity index (χ2n) is 5.81. The van der Waals surface area contributed by atoms with Crippen molar-refractivity contribution in [3.63, 3.8) is 0 Å². The van der Waals surface area contributed by atoms with Gasteiger partial charge in [-0.15, -0.1) is 11.6 Å². The predicted molar refractivity (Wildman–Crippen MR) is 88.1 cm³/mol. The van der Waals surface area contributed by atoms with Crippen LogP contribution in [0.2, 0.25) is 0 Å². The molecule has 1 aromatic rings. The van der Waals surface area contributed by atoms with Gasteiger partial charge in [-0.3, -0.25) is 9.59 Å². The number of anilines is 1. The molecule has 120 valence electrons. The monoisotopic (exact) mass is 323 g/mol. The molecule has 1 aliphatic rings. The number of hydrogen-bond donors (Lipinski definition) is 0. The van der Waals surface area contributed by atoms with Crippen molar-refractivity contribution < 1.29 is 14.3 Å². The lowest BCUT2D eigenvalue weighted by Gasteiger charge is -2.43. The largest absolute Gasteiger partial charge is 0.475 e. The molecule has 2 rings (SSSR count). The minimum atomic E-state index is -0.824. The highest BCUT2D eigenvalue weighted by atomic mass is 35.5. The maximum Gasteiger partial charge on any atom is 0.271 e. The van der Waals surface area contributed by atoms with E-state index in [4.69, 9.17) is 16.3 Å². The molecular formula is C17H22ClNO3. The second-order valence-corrected chi connectivity index (χ2v) is 6.08. The van der Waals surface area contributed by atoms with Gasteiger partial charge in [0, 0.05) is 11.6 Å². The maximum atomic E-state index is 13.0. The summed E-state index contributed by atoms with van der Waals surface area (Å²) in [5, 5.41) is 0. The lowest BCUT2D eigenvalue weighted by atomic mass is 9.91. The first-order valence-electron chi connectivity index (χ1n) is 7.66. The normalized spacial score (nSPS) is 16.5. The standard InChI is InChI=1S/C17H22ClNO3/c1-5-17(6-2)16(21)19(11(3)4)13-9-12(14(20)10-18)7-8-15(13)22-17/h7-9,11H,5-6,10H2,1-4H3. The average Bonchev–Trinajstić information content (AvgIpc) is 2.52. The Morgan fingerprint density at radius 2 is 1.95 bits per heavy atom. The number of halogens is 1. The van der Waals surface area contributed by atoms with E-state index in [0.717, 1.165) is 0 Å². The summed E-state index contributed by atoms with van der Waals surface area (Å²) in [6.07, 6.45) is 1.21. The van der Waals surface area contributed by atoms with E-state index in [1.165, 1.54) is 0 Å². The molecule has 0 atom stereocenters. The van der Waals surface area contributed by atoms with Crippen LogP contribution in [0.3, 0.4) is 0 Å². The zero-order valence-corrected chi connectivity index (χ0v) is 14.2. The van der Waals surface area contributed by atoms with Crippen LogP contribution in [0.25, 0.3) is 0 Å². The summed E-state index contributed by atoms with van der Waals surface area (Å²) < 4.78 is 6.04. The van der Waals surface area contributed by atoms with Crippen molar-refractivity contribution in [2.24, 2.45) is 0 Å². The van der Waals surface area contributed by atoms with Gasteiger partial charge in [0.05, 0.1) is 11.6 Å². The number of ketones is 1. The van der Waals surface area contributed by atoms with Crippen molar-refractivity contribution in [2.45, 2.75) is 52.2 Å². The number of ether oxygens (including phenoxy) is 1. The van der Waals surface area contributed by atoms with E-state index in [0.29, 0.717) is 29.8 Å². The van der Waals surface area contributed by atoms with Gasteiger partial charge in [0.15, 0.2) is 11.4 Å². The summed E-state index contributed by atoms with van der Waals surface area (Å²) in [7, 11) is 0. The summed E-state index contributed by atoms with van der Waals surface area (Å²) in [4.78, 5) is 26.5. The topological polar surface area (TPSA) is 46.6 Å². The molecule has 0 saturated heterocycles. The van der Waals surface area contributed by atoms with E-state index < -0.39 is 5.60 Å². The van der Waals surface area contributed by atoms with Crippen LogP contribution in [0.1, 0.15) is 50.9 Å². The quantitative estimate of drug-likeness (QED) is 0.611. The molecule has 22 heavy (non-hydrogen) atoms. The van der Waals surface area contributed by atoms with E-state index >= 15 is 0 Å². The van der Waals surface area contributed by atoms with E-state index in [2.05, 4.69) is 0 Å². The number of Topliss-reactive ketones (excluding diaryl/α,β-unsaturated/α-hetero) is 1. The number of hydrogen-bond acceptors (Lipinski definition) is 3. The SMILES string of the molecule is CCC1(CC)Oc2ccc(C(=O)CCl)cc2N(C(C)C)C1=O. The van der Waals surface area contributed by atoms with Gasteiger partial charge in [0.2, 0.25) is 0 Å². The van der Waals surface area contributed by atoms with Gasteiger partial charge in [0.25, 0.3) is 5.91 Å². The third-order valence-electron chi connectivity index (χ3n) is 4.23. The van der Waals surface area contributed by atoms with Gasteiger partial charge in [-0.25, -0.2) is 0 Å². The highest BCUT2D eigenvalue weighted by Crippen LogP contribution is 2.42. The highest BCUT2D eigenvalue weighted by molar-refractivity contribution is 6.30. The molecule has 1 heterocycles. The molecule has 1 aromatic carbocycles. The molecule has 0 bridgehead atoms. The first kappa shape index (κ1) is 16.8. The Morgan fingerprint density at radius 3 is 2.45 bits per heavy atom. The van der Waals surface area contributed by atoms with Crippen molar-refractivity contribution in [2.75, 3.05) is 10.8 Å². The first-order chi connectivity index (χ1) is 10.4. The molecule has 4 nitrogen and oxygen atoms in total. The Balaban J connectivity index is 2.59. The molecule has 0 fully saturated rings. The van der Waals surface area contributed by atoms with Crippen LogP contribution in [0.4, 0.5) is 5.69 Å². The fourth-order valence-corrected chi connectivity index (χ4v) is 2.99. The number of rotatable bonds is 5. The number of alkyl halides is 1. The molecule has 0 aromatic heterocycles. The van der Waals surface area contributed by atoms with E-state index in [9.17, 15) is 9.59 Å². The number of carbonyl (C=O) groups excluding carboxylic acids is 2. The summed E-state index contributed by atoms with van der Waals surface area (Å²) in [6, 6.07) is 5.15. The zero-order chi connectivity index (χ0) is 16.5. The average molecular weight is 324 g/mol. The van der Waals surface area contributed by atoms with Crippen molar-refractivity contribution in [3.8, 4) is 5.75 Å². The van der Waals surface area contributed by atoms with Crippen LogP contribution in [0, 0.1) is 0 Å².